The van der Waals surface area contributed by atoms with Crippen LogP contribution >= 0.6 is 0 Å². The molecule has 0 bridgehead atoms. The van der Waals surface area contributed by atoms with Crippen LogP contribution < -0.4 is 5.73 Å². The molecule has 0 heterocycles. The summed E-state index contributed by atoms with van der Waals surface area (Å²) in [4.78, 5) is 11.3. The molecule has 0 spiro atoms. The van der Waals surface area contributed by atoms with Crippen LogP contribution in [0.5, 0.6) is 0 Å². The molecule has 0 aromatic heterocycles. The van der Waals surface area contributed by atoms with Crippen LogP contribution in [0.25, 0.3) is 5.57 Å². The standard InChI is InChI=1S/C18H24FNO/c1-5-12(3)7-14(8-13(4)6-2)18-15(11-21)9-16(20)10-17(18)19/h7-12H,5-6,20H2,1-4H3/b13-8-,14-7+. The van der Waals surface area contributed by atoms with Crippen molar-refractivity contribution in [1.29, 1.82) is 0 Å². The predicted molar refractivity (Wildman–Crippen MR) is 87.7 cm³/mol. The van der Waals surface area contributed by atoms with Gasteiger partial charge in [0, 0.05) is 16.8 Å². The van der Waals surface area contributed by atoms with Crippen molar-refractivity contribution in [2.24, 2.45) is 5.92 Å². The Morgan fingerprint density at radius 2 is 2.05 bits per heavy atom. The van der Waals surface area contributed by atoms with Crippen molar-refractivity contribution in [2.75, 3.05) is 5.73 Å². The Balaban J connectivity index is 3.53. The van der Waals surface area contributed by atoms with Gasteiger partial charge in [0.2, 0.25) is 0 Å². The molecular formula is C18H24FNO. The Morgan fingerprint density at radius 3 is 2.57 bits per heavy atom. The summed E-state index contributed by atoms with van der Waals surface area (Å²) in [5, 5.41) is 0. The van der Waals surface area contributed by atoms with Gasteiger partial charge in [0.15, 0.2) is 6.29 Å². The third-order valence-corrected chi connectivity index (χ3v) is 3.63. The van der Waals surface area contributed by atoms with E-state index in [9.17, 15) is 9.18 Å². The number of nitrogen functional groups attached to an aromatic ring is 1. The number of rotatable bonds is 6. The van der Waals surface area contributed by atoms with Crippen LogP contribution in [0.1, 0.15) is 56.5 Å². The molecule has 0 amide bonds. The van der Waals surface area contributed by atoms with Crippen LogP contribution in [0.15, 0.2) is 29.9 Å². The lowest BCUT2D eigenvalue weighted by molar-refractivity contribution is 0.112. The Morgan fingerprint density at radius 1 is 1.38 bits per heavy atom. The smallest absolute Gasteiger partial charge is 0.150 e. The number of nitrogens with two attached hydrogens (primary N) is 1. The summed E-state index contributed by atoms with van der Waals surface area (Å²) in [7, 11) is 0. The van der Waals surface area contributed by atoms with E-state index < -0.39 is 5.82 Å². The van der Waals surface area contributed by atoms with Gasteiger partial charge in [0.25, 0.3) is 0 Å². The van der Waals surface area contributed by atoms with Crippen molar-refractivity contribution in [3.8, 4) is 0 Å². The van der Waals surface area contributed by atoms with Crippen LogP contribution in [0.4, 0.5) is 10.1 Å². The van der Waals surface area contributed by atoms with E-state index in [1.165, 1.54) is 12.1 Å². The lowest BCUT2D eigenvalue weighted by Gasteiger charge is -2.13. The van der Waals surface area contributed by atoms with Gasteiger partial charge in [-0.3, -0.25) is 4.79 Å². The maximum Gasteiger partial charge on any atom is 0.150 e. The Kier molecular flexibility index (Phi) is 6.35. The second-order valence-corrected chi connectivity index (χ2v) is 5.44. The first-order valence-electron chi connectivity index (χ1n) is 7.36. The Labute approximate surface area is 126 Å². The summed E-state index contributed by atoms with van der Waals surface area (Å²) in [6.07, 6.45) is 6.46. The summed E-state index contributed by atoms with van der Waals surface area (Å²) < 4.78 is 14.3. The van der Waals surface area contributed by atoms with Gasteiger partial charge in [-0.2, -0.15) is 0 Å². The molecule has 1 rings (SSSR count). The fraction of sp³-hybridized carbons (Fsp3) is 0.389. The zero-order chi connectivity index (χ0) is 16.0. The van der Waals surface area contributed by atoms with Crippen molar-refractivity contribution >= 4 is 17.5 Å². The van der Waals surface area contributed by atoms with Crippen molar-refractivity contribution in [3.63, 3.8) is 0 Å². The van der Waals surface area contributed by atoms with E-state index in [4.69, 9.17) is 5.73 Å². The average molecular weight is 289 g/mol. The van der Waals surface area contributed by atoms with Gasteiger partial charge in [0.05, 0.1) is 0 Å². The molecule has 0 saturated carbocycles. The lowest BCUT2D eigenvalue weighted by Crippen LogP contribution is -2.01. The number of hydrogen-bond acceptors (Lipinski definition) is 2. The highest BCUT2D eigenvalue weighted by atomic mass is 19.1. The first kappa shape index (κ1) is 17.2. The maximum atomic E-state index is 14.3. The van der Waals surface area contributed by atoms with Crippen molar-refractivity contribution in [1.82, 2.24) is 0 Å². The van der Waals surface area contributed by atoms with Gasteiger partial charge in [-0.25, -0.2) is 4.39 Å². The highest BCUT2D eigenvalue weighted by Gasteiger charge is 2.14. The molecular weight excluding hydrogens is 265 g/mol. The molecule has 1 atom stereocenters. The minimum absolute atomic E-state index is 0.262. The molecule has 21 heavy (non-hydrogen) atoms. The van der Waals surface area contributed by atoms with E-state index in [0.29, 0.717) is 23.3 Å². The summed E-state index contributed by atoms with van der Waals surface area (Å²) in [5.41, 5.74) is 8.41. The number of allylic oxidation sites excluding steroid dienone is 4. The number of carbonyl (C=O) groups is 1. The highest BCUT2D eigenvalue weighted by molar-refractivity contribution is 5.90. The van der Waals surface area contributed by atoms with Crippen molar-refractivity contribution in [2.45, 2.75) is 40.5 Å². The number of halogens is 1. The fourth-order valence-corrected chi connectivity index (χ4v) is 2.04. The van der Waals surface area contributed by atoms with Crippen LogP contribution in [0, 0.1) is 11.7 Å². The number of aldehydes is 1. The molecule has 0 aliphatic carbocycles. The molecule has 2 N–H and O–H groups in total. The van der Waals surface area contributed by atoms with E-state index in [1.807, 2.05) is 26.0 Å². The highest BCUT2D eigenvalue weighted by Crippen LogP contribution is 2.28. The van der Waals surface area contributed by atoms with E-state index in [2.05, 4.69) is 13.8 Å². The van der Waals surface area contributed by atoms with Crippen molar-refractivity contribution in [3.05, 3.63) is 46.8 Å². The maximum absolute atomic E-state index is 14.3. The summed E-state index contributed by atoms with van der Waals surface area (Å²) in [6.45, 7) is 8.20. The van der Waals surface area contributed by atoms with Gasteiger partial charge in [-0.05, 0) is 37.0 Å². The molecule has 0 aliphatic heterocycles. The van der Waals surface area contributed by atoms with E-state index >= 15 is 0 Å². The second kappa shape index (κ2) is 7.77. The van der Waals surface area contributed by atoms with Crippen molar-refractivity contribution < 1.29 is 9.18 Å². The SMILES string of the molecule is CC/C(C)=C\C(=C/C(C)CC)c1c(F)cc(N)cc1C=O. The van der Waals surface area contributed by atoms with Crippen LogP contribution in [-0.2, 0) is 0 Å². The summed E-state index contributed by atoms with van der Waals surface area (Å²) in [6, 6.07) is 2.78. The molecule has 0 radical (unpaired) electrons. The molecule has 0 fully saturated rings. The van der Waals surface area contributed by atoms with Gasteiger partial charge >= 0.3 is 0 Å². The van der Waals surface area contributed by atoms with Crippen LogP contribution in [0.3, 0.4) is 0 Å². The first-order chi connectivity index (χ1) is 9.92. The third-order valence-electron chi connectivity index (χ3n) is 3.63. The number of benzene rings is 1. The molecule has 1 aromatic rings. The van der Waals surface area contributed by atoms with Gasteiger partial charge in [0.1, 0.15) is 5.82 Å². The van der Waals surface area contributed by atoms with E-state index in [0.717, 1.165) is 24.0 Å². The van der Waals surface area contributed by atoms with Gasteiger partial charge in [-0.15, -0.1) is 0 Å². The minimum atomic E-state index is -0.452. The molecule has 0 saturated heterocycles. The monoisotopic (exact) mass is 289 g/mol. The molecule has 0 aliphatic rings. The minimum Gasteiger partial charge on any atom is -0.399 e. The number of carbonyl (C=O) groups excluding carboxylic acids is 1. The Hall–Kier alpha value is -1.90. The summed E-state index contributed by atoms with van der Waals surface area (Å²) in [5.74, 6) is -0.149. The number of hydrogen-bond donors (Lipinski definition) is 1. The molecule has 1 unspecified atom stereocenters. The lowest BCUT2D eigenvalue weighted by atomic mass is 9.93. The van der Waals surface area contributed by atoms with Crippen LogP contribution in [0.2, 0.25) is 0 Å². The molecule has 3 heteroatoms. The molecule has 2 nitrogen and oxygen atoms in total. The van der Waals surface area contributed by atoms with Gasteiger partial charge < -0.3 is 5.73 Å². The predicted octanol–water partition coefficient (Wildman–Crippen LogP) is 5.01. The average Bonchev–Trinajstić information content (AvgIpc) is 2.45. The zero-order valence-corrected chi connectivity index (χ0v) is 13.2. The normalized spacial score (nSPS) is 14.1. The second-order valence-electron chi connectivity index (χ2n) is 5.44. The van der Waals surface area contributed by atoms with Crippen LogP contribution in [-0.4, -0.2) is 6.29 Å². The van der Waals surface area contributed by atoms with E-state index in [-0.39, 0.29) is 5.69 Å². The third kappa shape index (κ3) is 4.55. The Bertz CT molecular complexity index is 573. The largest absolute Gasteiger partial charge is 0.399 e. The first-order valence-corrected chi connectivity index (χ1v) is 7.36. The zero-order valence-electron chi connectivity index (χ0n) is 13.2. The molecule has 1 aromatic carbocycles. The topological polar surface area (TPSA) is 43.1 Å². The van der Waals surface area contributed by atoms with E-state index in [1.54, 1.807) is 0 Å². The summed E-state index contributed by atoms with van der Waals surface area (Å²) >= 11 is 0. The quantitative estimate of drug-likeness (QED) is 0.454. The number of anilines is 1. The molecule has 114 valence electrons. The van der Waals surface area contributed by atoms with Gasteiger partial charge in [-0.1, -0.05) is 44.9 Å². The fourth-order valence-electron chi connectivity index (χ4n) is 2.04.